The van der Waals surface area contributed by atoms with E-state index in [2.05, 4.69) is 32.9 Å². The van der Waals surface area contributed by atoms with Crippen LogP contribution in [0.2, 0.25) is 0 Å². The van der Waals surface area contributed by atoms with Crippen LogP contribution in [0.1, 0.15) is 0 Å². The summed E-state index contributed by atoms with van der Waals surface area (Å²) in [5.41, 5.74) is 2.67. The number of halogens is 1. The van der Waals surface area contributed by atoms with E-state index < -0.39 is 0 Å². The number of hydrogen-bond acceptors (Lipinski definition) is 2. The van der Waals surface area contributed by atoms with Crippen molar-refractivity contribution in [3.05, 3.63) is 58.4 Å². The number of nitrogens with zero attached hydrogens (tertiary/aromatic N) is 2. The van der Waals surface area contributed by atoms with E-state index in [4.69, 9.17) is 0 Å². The molecule has 0 radical (unpaired) electrons. The van der Waals surface area contributed by atoms with E-state index >= 15 is 0 Å². The fourth-order valence-electron chi connectivity index (χ4n) is 2.06. The molecule has 1 heterocycles. The lowest BCUT2D eigenvalue weighted by atomic mass is 10.3. The molecule has 3 rings (SSSR count). The van der Waals surface area contributed by atoms with E-state index in [0.717, 1.165) is 20.3 Å². The van der Waals surface area contributed by atoms with Gasteiger partial charge in [0.1, 0.15) is 6.54 Å². The number of nitrogens with one attached hydrogen (secondary N) is 1. The molecule has 20 heavy (non-hydrogen) atoms. The van der Waals surface area contributed by atoms with Gasteiger partial charge in [0.05, 0.1) is 17.4 Å². The summed E-state index contributed by atoms with van der Waals surface area (Å²) in [6, 6.07) is 15.5. The maximum Gasteiger partial charge on any atom is 0.244 e. The zero-order chi connectivity index (χ0) is 13.9. The number of carbonyl (C=O) groups excluding carboxylic acids is 1. The van der Waals surface area contributed by atoms with Crippen LogP contribution in [0.25, 0.3) is 11.0 Å². The molecule has 0 aliphatic rings. The van der Waals surface area contributed by atoms with E-state index in [9.17, 15) is 4.79 Å². The molecule has 0 saturated heterocycles. The minimum atomic E-state index is -0.0600. The monoisotopic (exact) mass is 377 g/mol. The molecule has 0 spiro atoms. The van der Waals surface area contributed by atoms with E-state index in [1.165, 1.54) is 0 Å². The molecule has 1 N–H and O–H groups in total. The number of anilines is 1. The van der Waals surface area contributed by atoms with E-state index in [-0.39, 0.29) is 12.5 Å². The second-order valence-corrected chi connectivity index (χ2v) is 5.67. The highest BCUT2D eigenvalue weighted by Crippen LogP contribution is 2.14. The van der Waals surface area contributed by atoms with E-state index in [0.29, 0.717) is 0 Å². The van der Waals surface area contributed by atoms with Gasteiger partial charge in [-0.1, -0.05) is 18.2 Å². The van der Waals surface area contributed by atoms with Crippen molar-refractivity contribution in [3.8, 4) is 0 Å². The van der Waals surface area contributed by atoms with Gasteiger partial charge in [0.25, 0.3) is 0 Å². The first-order valence-corrected chi connectivity index (χ1v) is 7.25. The van der Waals surface area contributed by atoms with Crippen LogP contribution in [0.15, 0.2) is 54.9 Å². The van der Waals surface area contributed by atoms with Gasteiger partial charge in [0.15, 0.2) is 0 Å². The second-order valence-electron chi connectivity index (χ2n) is 4.42. The molecule has 0 fully saturated rings. The third-order valence-electron chi connectivity index (χ3n) is 2.95. The minimum absolute atomic E-state index is 0.0600. The highest BCUT2D eigenvalue weighted by Gasteiger charge is 2.07. The Labute approximate surface area is 130 Å². The Morgan fingerprint density at radius 2 is 2.05 bits per heavy atom. The van der Waals surface area contributed by atoms with Crippen LogP contribution >= 0.6 is 22.6 Å². The zero-order valence-electron chi connectivity index (χ0n) is 10.6. The van der Waals surface area contributed by atoms with Crippen LogP contribution < -0.4 is 5.32 Å². The van der Waals surface area contributed by atoms with Crippen molar-refractivity contribution in [2.24, 2.45) is 0 Å². The SMILES string of the molecule is O=C(Cn1cnc2ccccc21)Nc1cccc(I)c1. The largest absolute Gasteiger partial charge is 0.325 e. The molecule has 0 unspecified atom stereocenters. The first-order chi connectivity index (χ1) is 9.72. The van der Waals surface area contributed by atoms with Gasteiger partial charge >= 0.3 is 0 Å². The van der Waals surface area contributed by atoms with Crippen LogP contribution in [-0.2, 0) is 11.3 Å². The Bertz CT molecular complexity index is 766. The molecule has 3 aromatic rings. The van der Waals surface area contributed by atoms with E-state index in [1.54, 1.807) is 6.33 Å². The van der Waals surface area contributed by atoms with Gasteiger partial charge in [0, 0.05) is 9.26 Å². The fourth-order valence-corrected chi connectivity index (χ4v) is 2.60. The summed E-state index contributed by atoms with van der Waals surface area (Å²) >= 11 is 2.22. The van der Waals surface area contributed by atoms with Gasteiger partial charge in [-0.15, -0.1) is 0 Å². The van der Waals surface area contributed by atoms with Gasteiger partial charge in [0.2, 0.25) is 5.91 Å². The molecule has 2 aromatic carbocycles. The zero-order valence-corrected chi connectivity index (χ0v) is 12.7. The lowest BCUT2D eigenvalue weighted by Gasteiger charge is -2.07. The Hall–Kier alpha value is -1.89. The number of benzene rings is 2. The average molecular weight is 377 g/mol. The summed E-state index contributed by atoms with van der Waals surface area (Å²) in [6.07, 6.45) is 1.69. The minimum Gasteiger partial charge on any atom is -0.325 e. The van der Waals surface area contributed by atoms with Crippen molar-refractivity contribution < 1.29 is 4.79 Å². The lowest BCUT2D eigenvalue weighted by molar-refractivity contribution is -0.116. The standard InChI is InChI=1S/C15H12IN3O/c16-11-4-3-5-12(8-11)18-15(20)9-19-10-17-13-6-1-2-7-14(13)19/h1-8,10H,9H2,(H,18,20). The third kappa shape index (κ3) is 2.82. The molecule has 0 aliphatic heterocycles. The van der Waals surface area contributed by atoms with E-state index in [1.807, 2.05) is 53.1 Å². The molecular formula is C15H12IN3O. The summed E-state index contributed by atoms with van der Waals surface area (Å²) in [5, 5.41) is 2.89. The molecule has 0 atom stereocenters. The fraction of sp³-hybridized carbons (Fsp3) is 0.0667. The maximum absolute atomic E-state index is 12.1. The Morgan fingerprint density at radius 3 is 2.90 bits per heavy atom. The number of amides is 1. The smallest absolute Gasteiger partial charge is 0.244 e. The highest BCUT2D eigenvalue weighted by atomic mass is 127. The number of carbonyl (C=O) groups is 1. The van der Waals surface area contributed by atoms with Crippen LogP contribution in [0.5, 0.6) is 0 Å². The number of imidazole rings is 1. The number of aromatic nitrogens is 2. The van der Waals surface area contributed by atoms with Crippen molar-refractivity contribution in [2.45, 2.75) is 6.54 Å². The predicted octanol–water partition coefficient (Wildman–Crippen LogP) is 3.28. The molecular weight excluding hydrogens is 365 g/mol. The van der Waals surface area contributed by atoms with Crippen LogP contribution in [-0.4, -0.2) is 15.5 Å². The molecule has 100 valence electrons. The van der Waals surface area contributed by atoms with Crippen LogP contribution in [0.4, 0.5) is 5.69 Å². The number of hydrogen-bond donors (Lipinski definition) is 1. The number of rotatable bonds is 3. The summed E-state index contributed by atoms with van der Waals surface area (Å²) in [6.45, 7) is 0.256. The van der Waals surface area contributed by atoms with Gasteiger partial charge in [-0.25, -0.2) is 4.98 Å². The molecule has 4 nitrogen and oxygen atoms in total. The van der Waals surface area contributed by atoms with Gasteiger partial charge in [-0.05, 0) is 52.9 Å². The van der Waals surface area contributed by atoms with Gasteiger partial charge < -0.3 is 9.88 Å². The van der Waals surface area contributed by atoms with Crippen molar-refractivity contribution in [3.63, 3.8) is 0 Å². The predicted molar refractivity (Wildman–Crippen MR) is 87.5 cm³/mol. The molecule has 5 heteroatoms. The second kappa shape index (κ2) is 5.62. The Kier molecular flexibility index (Phi) is 3.68. The highest BCUT2D eigenvalue weighted by molar-refractivity contribution is 14.1. The van der Waals surface area contributed by atoms with Crippen molar-refractivity contribution >= 4 is 45.2 Å². The Balaban J connectivity index is 1.76. The van der Waals surface area contributed by atoms with Crippen molar-refractivity contribution in [2.75, 3.05) is 5.32 Å². The first kappa shape index (κ1) is 13.1. The molecule has 0 bridgehead atoms. The summed E-state index contributed by atoms with van der Waals surface area (Å²) in [5.74, 6) is -0.0600. The van der Waals surface area contributed by atoms with Crippen molar-refractivity contribution in [1.82, 2.24) is 9.55 Å². The number of fused-ring (bicyclic) bond motifs is 1. The van der Waals surface area contributed by atoms with Crippen LogP contribution in [0, 0.1) is 3.57 Å². The van der Waals surface area contributed by atoms with Crippen LogP contribution in [0.3, 0.4) is 0 Å². The average Bonchev–Trinajstić information content (AvgIpc) is 2.82. The normalized spacial score (nSPS) is 10.7. The first-order valence-electron chi connectivity index (χ1n) is 6.18. The van der Waals surface area contributed by atoms with Gasteiger partial charge in [-0.2, -0.15) is 0 Å². The third-order valence-corrected chi connectivity index (χ3v) is 3.62. The van der Waals surface area contributed by atoms with Crippen molar-refractivity contribution in [1.29, 1.82) is 0 Å². The maximum atomic E-state index is 12.1. The molecule has 1 aromatic heterocycles. The quantitative estimate of drug-likeness (QED) is 0.713. The summed E-state index contributed by atoms with van der Waals surface area (Å²) < 4.78 is 2.94. The molecule has 0 saturated carbocycles. The Morgan fingerprint density at radius 1 is 1.20 bits per heavy atom. The number of para-hydroxylation sites is 2. The molecule has 1 amide bonds. The summed E-state index contributed by atoms with van der Waals surface area (Å²) in [4.78, 5) is 16.3. The lowest BCUT2D eigenvalue weighted by Crippen LogP contribution is -2.18. The topological polar surface area (TPSA) is 46.9 Å². The van der Waals surface area contributed by atoms with Gasteiger partial charge in [-0.3, -0.25) is 4.79 Å². The summed E-state index contributed by atoms with van der Waals surface area (Å²) in [7, 11) is 0. The molecule has 0 aliphatic carbocycles.